The van der Waals surface area contributed by atoms with Crippen molar-refractivity contribution in [3.63, 3.8) is 0 Å². The van der Waals surface area contributed by atoms with E-state index in [1.807, 2.05) is 0 Å². The average Bonchev–Trinajstić information content (AvgIpc) is 2.84. The molecule has 0 aromatic heterocycles. The van der Waals surface area contributed by atoms with Gasteiger partial charge >= 0.3 is 6.03 Å². The van der Waals surface area contributed by atoms with E-state index in [0.29, 0.717) is 12.1 Å². The van der Waals surface area contributed by atoms with Crippen molar-refractivity contribution < 1.29 is 18.0 Å². The maximum atomic E-state index is 12.6. The summed E-state index contributed by atoms with van der Waals surface area (Å²) in [7, 11) is -3.49. The number of para-hydroxylation sites is 1. The Kier molecular flexibility index (Phi) is 3.22. The monoisotopic (exact) mass is 309 g/mol. The molecule has 0 bridgehead atoms. The van der Waals surface area contributed by atoms with Crippen molar-refractivity contribution in [3.05, 3.63) is 30.3 Å². The summed E-state index contributed by atoms with van der Waals surface area (Å²) >= 11 is 0. The Morgan fingerprint density at radius 1 is 1.19 bits per heavy atom. The Labute approximate surface area is 122 Å². The van der Waals surface area contributed by atoms with E-state index in [1.165, 1.54) is 0 Å². The fourth-order valence-electron chi connectivity index (χ4n) is 2.86. The number of nitrogens with one attached hydrogen (secondary N) is 1. The number of benzene rings is 1. The van der Waals surface area contributed by atoms with E-state index in [1.54, 1.807) is 30.3 Å². The second-order valence-corrected chi connectivity index (χ2v) is 7.11. The van der Waals surface area contributed by atoms with Gasteiger partial charge in [-0.2, -0.15) is 4.31 Å². The number of rotatable bonds is 2. The molecule has 3 rings (SSSR count). The lowest BCUT2D eigenvalue weighted by atomic mass is 10.1. The van der Waals surface area contributed by atoms with E-state index >= 15 is 0 Å². The molecule has 0 aliphatic carbocycles. The number of sulfonamides is 1. The lowest BCUT2D eigenvalue weighted by molar-refractivity contribution is -0.122. The molecule has 21 heavy (non-hydrogen) atoms. The van der Waals surface area contributed by atoms with Gasteiger partial charge in [-0.05, 0) is 18.6 Å². The van der Waals surface area contributed by atoms with Gasteiger partial charge in [-0.1, -0.05) is 18.2 Å². The van der Waals surface area contributed by atoms with Crippen molar-refractivity contribution in [1.82, 2.24) is 9.62 Å². The number of nitrogens with zero attached hydrogens (tertiary/aromatic N) is 2. The highest BCUT2D eigenvalue weighted by Gasteiger charge is 2.51. The Morgan fingerprint density at radius 2 is 1.86 bits per heavy atom. The lowest BCUT2D eigenvalue weighted by Crippen LogP contribution is -2.64. The first kappa shape index (κ1) is 14.0. The van der Waals surface area contributed by atoms with Gasteiger partial charge in [-0.3, -0.25) is 4.79 Å². The summed E-state index contributed by atoms with van der Waals surface area (Å²) in [5.74, 6) is -0.502. The highest BCUT2D eigenvalue weighted by atomic mass is 32.2. The first-order valence-corrected chi connectivity index (χ1v) is 8.41. The number of hydrogen-bond acceptors (Lipinski definition) is 4. The van der Waals surface area contributed by atoms with Gasteiger partial charge in [0.2, 0.25) is 10.0 Å². The first-order chi connectivity index (χ1) is 9.89. The van der Waals surface area contributed by atoms with Crippen LogP contribution in [0.5, 0.6) is 0 Å². The maximum Gasteiger partial charge on any atom is 0.329 e. The van der Waals surface area contributed by atoms with Gasteiger partial charge in [0.25, 0.3) is 5.91 Å². The van der Waals surface area contributed by atoms with Gasteiger partial charge in [0.05, 0.1) is 18.0 Å². The summed E-state index contributed by atoms with van der Waals surface area (Å²) in [6, 6.07) is 6.64. The minimum atomic E-state index is -3.49. The largest absolute Gasteiger partial charge is 0.332 e. The summed E-state index contributed by atoms with van der Waals surface area (Å²) in [6.45, 7) is 0.239. The Bertz CT molecular complexity index is 689. The van der Waals surface area contributed by atoms with Crippen LogP contribution in [0.2, 0.25) is 0 Å². The standard InChI is InChI=1S/C13H15N3O4S/c1-21(19,20)15-8-7-10-11(15)12(17)16(13(18)14-10)9-5-3-2-4-6-9/h2-6,10-11H,7-8H2,1H3,(H,14,18)/t10-,11+/m1/s1. The molecule has 2 aliphatic heterocycles. The number of carbonyl (C=O) groups is 2. The number of amides is 3. The number of imide groups is 1. The topological polar surface area (TPSA) is 86.8 Å². The Hall–Kier alpha value is -1.93. The van der Waals surface area contributed by atoms with Crippen molar-refractivity contribution in [3.8, 4) is 0 Å². The Balaban J connectivity index is 1.99. The highest BCUT2D eigenvalue weighted by molar-refractivity contribution is 7.88. The van der Waals surface area contributed by atoms with Gasteiger partial charge in [-0.25, -0.2) is 18.1 Å². The molecule has 2 saturated heterocycles. The van der Waals surface area contributed by atoms with Gasteiger partial charge < -0.3 is 5.32 Å². The molecule has 2 heterocycles. The number of urea groups is 1. The second-order valence-electron chi connectivity index (χ2n) is 5.17. The minimum Gasteiger partial charge on any atom is -0.332 e. The van der Waals surface area contributed by atoms with Crippen molar-refractivity contribution >= 4 is 27.6 Å². The third-order valence-electron chi connectivity index (χ3n) is 3.78. The molecule has 2 atom stereocenters. The minimum absolute atomic E-state index is 0.239. The van der Waals surface area contributed by atoms with E-state index in [9.17, 15) is 18.0 Å². The van der Waals surface area contributed by atoms with Crippen LogP contribution in [0.4, 0.5) is 10.5 Å². The molecule has 112 valence electrons. The van der Waals surface area contributed by atoms with Crippen molar-refractivity contribution in [2.45, 2.75) is 18.5 Å². The summed E-state index contributed by atoms with van der Waals surface area (Å²) in [5, 5.41) is 2.72. The van der Waals surface area contributed by atoms with E-state index in [2.05, 4.69) is 5.32 Å². The molecule has 1 aromatic rings. The molecular weight excluding hydrogens is 294 g/mol. The summed E-state index contributed by atoms with van der Waals surface area (Å²) in [4.78, 5) is 25.8. The maximum absolute atomic E-state index is 12.6. The summed E-state index contributed by atoms with van der Waals surface area (Å²) < 4.78 is 24.8. The zero-order valence-electron chi connectivity index (χ0n) is 11.4. The lowest BCUT2D eigenvalue weighted by Gasteiger charge is -2.36. The number of fused-ring (bicyclic) bond motifs is 1. The molecule has 2 fully saturated rings. The van der Waals surface area contributed by atoms with Crippen LogP contribution >= 0.6 is 0 Å². The highest BCUT2D eigenvalue weighted by Crippen LogP contribution is 2.28. The fraction of sp³-hybridized carbons (Fsp3) is 0.385. The quantitative estimate of drug-likeness (QED) is 0.842. The SMILES string of the molecule is CS(=O)(=O)N1CC[C@H]2NC(=O)N(c3ccccc3)C(=O)[C@H]21. The molecule has 8 heteroatoms. The third-order valence-corrected chi connectivity index (χ3v) is 5.04. The third kappa shape index (κ3) is 2.30. The zero-order valence-corrected chi connectivity index (χ0v) is 12.2. The van der Waals surface area contributed by atoms with Crippen LogP contribution in [0.15, 0.2) is 30.3 Å². The number of carbonyl (C=O) groups excluding carboxylic acids is 2. The predicted molar refractivity (Wildman–Crippen MR) is 76.2 cm³/mol. The van der Waals surface area contributed by atoms with Gasteiger partial charge in [0.15, 0.2) is 0 Å². The zero-order chi connectivity index (χ0) is 15.2. The molecule has 0 saturated carbocycles. The molecule has 0 spiro atoms. The van der Waals surface area contributed by atoms with Crippen LogP contribution in [0.3, 0.4) is 0 Å². The van der Waals surface area contributed by atoms with E-state index < -0.39 is 34.0 Å². The van der Waals surface area contributed by atoms with Crippen LogP contribution in [0, 0.1) is 0 Å². The summed E-state index contributed by atoms with van der Waals surface area (Å²) in [6.07, 6.45) is 1.52. The van der Waals surface area contributed by atoms with Crippen molar-refractivity contribution in [2.75, 3.05) is 17.7 Å². The molecule has 3 amide bonds. The molecule has 1 N–H and O–H groups in total. The van der Waals surface area contributed by atoms with Crippen LogP contribution < -0.4 is 10.2 Å². The van der Waals surface area contributed by atoms with Crippen LogP contribution in [0.25, 0.3) is 0 Å². The second kappa shape index (κ2) is 4.81. The molecule has 0 unspecified atom stereocenters. The van der Waals surface area contributed by atoms with Crippen molar-refractivity contribution in [2.24, 2.45) is 0 Å². The van der Waals surface area contributed by atoms with E-state index in [0.717, 1.165) is 15.5 Å². The normalized spacial score (nSPS) is 26.6. The fourth-order valence-corrected chi connectivity index (χ4v) is 3.95. The van der Waals surface area contributed by atoms with E-state index in [4.69, 9.17) is 0 Å². The van der Waals surface area contributed by atoms with Gasteiger partial charge in [0.1, 0.15) is 6.04 Å². The molecule has 7 nitrogen and oxygen atoms in total. The molecule has 1 aromatic carbocycles. The van der Waals surface area contributed by atoms with Crippen molar-refractivity contribution in [1.29, 1.82) is 0 Å². The van der Waals surface area contributed by atoms with Crippen LogP contribution in [-0.4, -0.2) is 49.5 Å². The van der Waals surface area contributed by atoms with Gasteiger partial charge in [-0.15, -0.1) is 0 Å². The number of hydrogen-bond donors (Lipinski definition) is 1. The van der Waals surface area contributed by atoms with Gasteiger partial charge in [0, 0.05) is 6.54 Å². The van der Waals surface area contributed by atoms with E-state index in [-0.39, 0.29) is 6.54 Å². The molecule has 0 radical (unpaired) electrons. The first-order valence-electron chi connectivity index (χ1n) is 6.56. The summed E-state index contributed by atoms with van der Waals surface area (Å²) in [5.41, 5.74) is 0.429. The van der Waals surface area contributed by atoms with Crippen LogP contribution in [0.1, 0.15) is 6.42 Å². The van der Waals surface area contributed by atoms with Crippen LogP contribution in [-0.2, 0) is 14.8 Å². The average molecular weight is 309 g/mol. The predicted octanol–water partition coefficient (Wildman–Crippen LogP) is 0.145. The molecule has 2 aliphatic rings. The molecular formula is C13H15N3O4S. The number of anilines is 1. The Morgan fingerprint density at radius 3 is 2.48 bits per heavy atom. The smallest absolute Gasteiger partial charge is 0.329 e.